The van der Waals surface area contributed by atoms with Crippen LogP contribution in [0.4, 0.5) is 4.79 Å². The molecular weight excluding hydrogens is 314 g/mol. The Morgan fingerprint density at radius 3 is 2.39 bits per heavy atom. The van der Waals surface area contributed by atoms with Gasteiger partial charge in [0.15, 0.2) is 11.5 Å². The Balaban J connectivity index is 2.39. The van der Waals surface area contributed by atoms with Crippen LogP contribution in [0.25, 0.3) is 6.08 Å². The Labute approximate surface area is 140 Å². The number of rotatable bonds is 5. The van der Waals surface area contributed by atoms with Crippen molar-refractivity contribution in [3.05, 3.63) is 28.2 Å². The van der Waals surface area contributed by atoms with Gasteiger partial charge in [-0.2, -0.15) is 0 Å². The Hall–Kier alpha value is -1.95. The van der Waals surface area contributed by atoms with Gasteiger partial charge in [-0.15, -0.1) is 0 Å². The van der Waals surface area contributed by atoms with Crippen molar-refractivity contribution in [2.24, 2.45) is 0 Å². The molecule has 1 saturated heterocycles. The highest BCUT2D eigenvalue weighted by Gasteiger charge is 2.37. The average molecular weight is 335 g/mol. The molecule has 1 fully saturated rings. The monoisotopic (exact) mass is 335 g/mol. The van der Waals surface area contributed by atoms with Crippen molar-refractivity contribution < 1.29 is 19.1 Å². The number of amides is 2. The third kappa shape index (κ3) is 3.37. The number of thioether (sulfide) groups is 1. The van der Waals surface area contributed by atoms with E-state index in [0.29, 0.717) is 16.4 Å². The van der Waals surface area contributed by atoms with Gasteiger partial charge in [-0.25, -0.2) is 0 Å². The summed E-state index contributed by atoms with van der Waals surface area (Å²) in [6.45, 7) is 5.75. The molecule has 0 aliphatic carbocycles. The van der Waals surface area contributed by atoms with Gasteiger partial charge in [0, 0.05) is 6.04 Å². The van der Waals surface area contributed by atoms with Crippen molar-refractivity contribution in [2.75, 3.05) is 14.2 Å². The number of aryl methyl sites for hydroxylation is 1. The third-order valence-corrected chi connectivity index (χ3v) is 4.80. The number of nitrogens with zero attached hydrogens (tertiary/aromatic N) is 1. The molecule has 0 aromatic heterocycles. The Morgan fingerprint density at radius 1 is 1.22 bits per heavy atom. The van der Waals surface area contributed by atoms with Gasteiger partial charge in [0.1, 0.15) is 0 Å². The van der Waals surface area contributed by atoms with E-state index in [9.17, 15) is 9.59 Å². The van der Waals surface area contributed by atoms with Gasteiger partial charge in [-0.3, -0.25) is 14.5 Å². The Kier molecular flexibility index (Phi) is 5.36. The van der Waals surface area contributed by atoms with Gasteiger partial charge in [-0.05, 0) is 61.4 Å². The molecule has 0 spiro atoms. The van der Waals surface area contributed by atoms with E-state index in [2.05, 4.69) is 0 Å². The number of carbonyl (C=O) groups excluding carboxylic acids is 2. The fourth-order valence-electron chi connectivity index (χ4n) is 2.34. The summed E-state index contributed by atoms with van der Waals surface area (Å²) in [7, 11) is 3.14. The zero-order chi connectivity index (χ0) is 17.1. The van der Waals surface area contributed by atoms with E-state index < -0.39 is 0 Å². The maximum atomic E-state index is 12.5. The van der Waals surface area contributed by atoms with Crippen LogP contribution in [0.15, 0.2) is 17.0 Å². The molecule has 1 aliphatic heterocycles. The molecule has 1 heterocycles. The molecule has 124 valence electrons. The molecule has 5 nitrogen and oxygen atoms in total. The number of benzene rings is 1. The lowest BCUT2D eigenvalue weighted by Gasteiger charge is -2.19. The standard InChI is InChI=1S/C17H21NO4S/c1-6-11(3)18-16(19)15(23-17(18)20)9-12-8-14(22-5)13(21-4)7-10(12)2/h7-9,11H,6H2,1-5H3/b15-9+/t11-/m1/s1. The summed E-state index contributed by atoms with van der Waals surface area (Å²) in [6, 6.07) is 3.56. The summed E-state index contributed by atoms with van der Waals surface area (Å²) in [5.74, 6) is 0.990. The maximum absolute atomic E-state index is 12.5. The largest absolute Gasteiger partial charge is 0.493 e. The maximum Gasteiger partial charge on any atom is 0.293 e. The van der Waals surface area contributed by atoms with Crippen molar-refractivity contribution in [1.82, 2.24) is 4.90 Å². The number of hydrogen-bond donors (Lipinski definition) is 0. The van der Waals surface area contributed by atoms with Crippen LogP contribution in [0.1, 0.15) is 31.4 Å². The zero-order valence-electron chi connectivity index (χ0n) is 14.0. The Morgan fingerprint density at radius 2 is 1.83 bits per heavy atom. The first kappa shape index (κ1) is 17.4. The van der Waals surface area contributed by atoms with E-state index in [0.717, 1.165) is 29.3 Å². The highest BCUT2D eigenvalue weighted by molar-refractivity contribution is 8.18. The minimum atomic E-state index is -0.233. The minimum absolute atomic E-state index is 0.0973. The first-order valence-electron chi connectivity index (χ1n) is 7.42. The molecule has 0 unspecified atom stereocenters. The van der Waals surface area contributed by atoms with E-state index in [1.807, 2.05) is 32.9 Å². The molecule has 1 aromatic carbocycles. The van der Waals surface area contributed by atoms with E-state index >= 15 is 0 Å². The summed E-state index contributed by atoms with van der Waals surface area (Å²) in [5, 5.41) is -0.214. The molecule has 0 radical (unpaired) electrons. The number of imide groups is 1. The highest BCUT2D eigenvalue weighted by atomic mass is 32.2. The van der Waals surface area contributed by atoms with Gasteiger partial charge >= 0.3 is 0 Å². The van der Waals surface area contributed by atoms with Crippen LogP contribution >= 0.6 is 11.8 Å². The van der Waals surface area contributed by atoms with Gasteiger partial charge in [0.25, 0.3) is 11.1 Å². The fourth-order valence-corrected chi connectivity index (χ4v) is 3.26. The van der Waals surface area contributed by atoms with Crippen LogP contribution in [0, 0.1) is 6.92 Å². The number of ether oxygens (including phenoxy) is 2. The predicted molar refractivity (Wildman–Crippen MR) is 91.8 cm³/mol. The zero-order valence-corrected chi connectivity index (χ0v) is 14.8. The van der Waals surface area contributed by atoms with E-state index in [1.54, 1.807) is 20.3 Å². The van der Waals surface area contributed by atoms with Crippen molar-refractivity contribution in [3.63, 3.8) is 0 Å². The van der Waals surface area contributed by atoms with Crippen LogP contribution in [0.5, 0.6) is 11.5 Å². The van der Waals surface area contributed by atoms with Gasteiger partial charge in [-0.1, -0.05) is 6.92 Å². The number of methoxy groups -OCH3 is 2. The molecule has 6 heteroatoms. The smallest absolute Gasteiger partial charge is 0.293 e. The first-order chi connectivity index (χ1) is 10.9. The van der Waals surface area contributed by atoms with Crippen LogP contribution in [0.2, 0.25) is 0 Å². The quantitative estimate of drug-likeness (QED) is 0.765. The van der Waals surface area contributed by atoms with E-state index in [1.165, 1.54) is 4.90 Å². The van der Waals surface area contributed by atoms with Crippen molar-refractivity contribution in [1.29, 1.82) is 0 Å². The molecule has 2 rings (SSSR count). The van der Waals surface area contributed by atoms with E-state index in [4.69, 9.17) is 9.47 Å². The lowest BCUT2D eigenvalue weighted by atomic mass is 10.1. The molecule has 1 aliphatic rings. The SMILES string of the molecule is CC[C@@H](C)N1C(=O)S/C(=C/c2cc(OC)c(OC)cc2C)C1=O. The fraction of sp³-hybridized carbons (Fsp3) is 0.412. The van der Waals surface area contributed by atoms with Crippen molar-refractivity contribution in [3.8, 4) is 11.5 Å². The lowest BCUT2D eigenvalue weighted by molar-refractivity contribution is -0.124. The summed E-state index contributed by atoms with van der Waals surface area (Å²) in [6.07, 6.45) is 2.48. The second-order valence-corrected chi connectivity index (χ2v) is 6.37. The molecule has 1 atom stereocenters. The van der Waals surface area contributed by atoms with Crippen LogP contribution < -0.4 is 9.47 Å². The lowest BCUT2D eigenvalue weighted by Crippen LogP contribution is -2.36. The molecule has 0 N–H and O–H groups in total. The first-order valence-corrected chi connectivity index (χ1v) is 8.24. The van der Waals surface area contributed by atoms with E-state index in [-0.39, 0.29) is 17.2 Å². The predicted octanol–water partition coefficient (Wildman–Crippen LogP) is 3.85. The number of hydrogen-bond acceptors (Lipinski definition) is 5. The van der Waals surface area contributed by atoms with Gasteiger partial charge in [0.2, 0.25) is 0 Å². The second-order valence-electron chi connectivity index (χ2n) is 5.37. The summed E-state index contributed by atoms with van der Waals surface area (Å²) >= 11 is 0.979. The van der Waals surface area contributed by atoms with Gasteiger partial charge < -0.3 is 9.47 Å². The second kappa shape index (κ2) is 7.08. The van der Waals surface area contributed by atoms with Crippen molar-refractivity contribution >= 4 is 29.0 Å². The topological polar surface area (TPSA) is 55.8 Å². The van der Waals surface area contributed by atoms with Crippen LogP contribution in [-0.2, 0) is 4.79 Å². The molecule has 0 saturated carbocycles. The van der Waals surface area contributed by atoms with Gasteiger partial charge in [0.05, 0.1) is 19.1 Å². The Bertz CT molecular complexity index is 669. The van der Waals surface area contributed by atoms with Crippen LogP contribution in [-0.4, -0.2) is 36.3 Å². The molecule has 23 heavy (non-hydrogen) atoms. The molecule has 1 aromatic rings. The summed E-state index contributed by atoms with van der Waals surface area (Å²) in [4.78, 5) is 26.3. The number of carbonyl (C=O) groups is 2. The molecule has 2 amide bonds. The van der Waals surface area contributed by atoms with Crippen LogP contribution in [0.3, 0.4) is 0 Å². The van der Waals surface area contributed by atoms with Crippen molar-refractivity contribution in [2.45, 2.75) is 33.2 Å². The minimum Gasteiger partial charge on any atom is -0.493 e. The third-order valence-electron chi connectivity index (χ3n) is 3.91. The summed E-state index contributed by atoms with van der Waals surface area (Å²) in [5.41, 5.74) is 1.77. The highest BCUT2D eigenvalue weighted by Crippen LogP contribution is 2.36. The normalized spacial score (nSPS) is 17.8. The molecule has 0 bridgehead atoms. The average Bonchev–Trinajstić information content (AvgIpc) is 2.82. The summed E-state index contributed by atoms with van der Waals surface area (Å²) < 4.78 is 10.6. The molecular formula is C17H21NO4S.